The van der Waals surface area contributed by atoms with Crippen molar-refractivity contribution < 1.29 is 9.90 Å². The predicted octanol–water partition coefficient (Wildman–Crippen LogP) is -0.245. The highest BCUT2D eigenvalue weighted by molar-refractivity contribution is 5.87. The predicted molar refractivity (Wildman–Crippen MR) is 41.3 cm³/mol. The highest BCUT2D eigenvalue weighted by Crippen LogP contribution is 2.03. The standard InChI is InChI=1S/C6H6N4O2/c7-1-4-3(8)2-9-5(10-4)6(11)12/h1-2,7H,8H2,(H,11,12). The maximum Gasteiger partial charge on any atom is 0.373 e. The van der Waals surface area contributed by atoms with Gasteiger partial charge in [0, 0.05) is 6.21 Å². The molecule has 0 fully saturated rings. The topological polar surface area (TPSA) is 113 Å². The first kappa shape index (κ1) is 8.12. The van der Waals surface area contributed by atoms with Crippen molar-refractivity contribution in [1.29, 1.82) is 5.41 Å². The largest absolute Gasteiger partial charge is 0.475 e. The molecule has 1 aromatic rings. The summed E-state index contributed by atoms with van der Waals surface area (Å²) in [5, 5.41) is 15.3. The Morgan fingerprint density at radius 3 is 2.92 bits per heavy atom. The van der Waals surface area contributed by atoms with E-state index in [0.29, 0.717) is 0 Å². The van der Waals surface area contributed by atoms with Crippen LogP contribution < -0.4 is 5.73 Å². The Morgan fingerprint density at radius 2 is 2.42 bits per heavy atom. The van der Waals surface area contributed by atoms with Crippen molar-refractivity contribution >= 4 is 17.9 Å². The average molecular weight is 166 g/mol. The SMILES string of the molecule is N=Cc1nc(C(=O)O)ncc1N. The Kier molecular flexibility index (Phi) is 2.00. The molecule has 0 aliphatic heterocycles. The fraction of sp³-hybridized carbons (Fsp3) is 0. The lowest BCUT2D eigenvalue weighted by Crippen LogP contribution is -2.08. The second-order valence-electron chi connectivity index (χ2n) is 1.98. The summed E-state index contributed by atoms with van der Waals surface area (Å²) < 4.78 is 0. The molecule has 1 heterocycles. The Hall–Kier alpha value is -1.98. The van der Waals surface area contributed by atoms with Crippen molar-refractivity contribution in [2.75, 3.05) is 5.73 Å². The van der Waals surface area contributed by atoms with E-state index in [0.717, 1.165) is 12.4 Å². The molecule has 1 aromatic heterocycles. The van der Waals surface area contributed by atoms with Crippen LogP contribution in [0.25, 0.3) is 0 Å². The van der Waals surface area contributed by atoms with Gasteiger partial charge >= 0.3 is 5.97 Å². The molecule has 4 N–H and O–H groups in total. The molecule has 0 aliphatic carbocycles. The van der Waals surface area contributed by atoms with Crippen molar-refractivity contribution in [2.24, 2.45) is 0 Å². The lowest BCUT2D eigenvalue weighted by Gasteiger charge is -1.97. The summed E-state index contributed by atoms with van der Waals surface area (Å²) in [5.74, 6) is -1.60. The van der Waals surface area contributed by atoms with Crippen LogP contribution in [-0.2, 0) is 0 Å². The smallest absolute Gasteiger partial charge is 0.373 e. The first-order valence-electron chi connectivity index (χ1n) is 3.01. The number of hydrogen-bond acceptors (Lipinski definition) is 5. The maximum atomic E-state index is 10.3. The number of nitrogen functional groups attached to an aromatic ring is 1. The van der Waals surface area contributed by atoms with Gasteiger partial charge in [-0.25, -0.2) is 14.8 Å². The van der Waals surface area contributed by atoms with Crippen LogP contribution in [0.15, 0.2) is 6.20 Å². The number of aromatic carboxylic acids is 1. The van der Waals surface area contributed by atoms with Gasteiger partial charge in [-0.05, 0) is 0 Å². The Bertz CT molecular complexity index is 336. The zero-order chi connectivity index (χ0) is 9.14. The fourth-order valence-electron chi connectivity index (χ4n) is 0.623. The second kappa shape index (κ2) is 2.95. The number of carboxylic acid groups (broad SMARTS) is 1. The van der Waals surface area contributed by atoms with Crippen LogP contribution in [0.4, 0.5) is 5.69 Å². The van der Waals surface area contributed by atoms with Gasteiger partial charge in [-0.1, -0.05) is 0 Å². The van der Waals surface area contributed by atoms with E-state index < -0.39 is 5.97 Å². The third-order valence-electron chi connectivity index (χ3n) is 1.18. The zero-order valence-electron chi connectivity index (χ0n) is 5.98. The molecule has 0 aromatic carbocycles. The normalized spacial score (nSPS) is 9.33. The number of carbonyl (C=O) groups is 1. The summed E-state index contributed by atoms with van der Waals surface area (Å²) >= 11 is 0. The number of nitrogens with one attached hydrogen (secondary N) is 1. The number of hydrogen-bond donors (Lipinski definition) is 3. The molecule has 0 unspecified atom stereocenters. The fourth-order valence-corrected chi connectivity index (χ4v) is 0.623. The van der Waals surface area contributed by atoms with Gasteiger partial charge < -0.3 is 16.2 Å². The van der Waals surface area contributed by atoms with Crippen molar-refractivity contribution in [1.82, 2.24) is 9.97 Å². The molecule has 0 saturated heterocycles. The van der Waals surface area contributed by atoms with E-state index in [1.807, 2.05) is 0 Å². The quantitative estimate of drug-likeness (QED) is 0.524. The van der Waals surface area contributed by atoms with Gasteiger partial charge in [0.25, 0.3) is 0 Å². The lowest BCUT2D eigenvalue weighted by atomic mass is 10.3. The number of rotatable bonds is 2. The molecule has 0 aliphatic rings. The number of anilines is 1. The van der Waals surface area contributed by atoms with E-state index in [9.17, 15) is 4.79 Å². The summed E-state index contributed by atoms with van der Waals surface area (Å²) in [7, 11) is 0. The van der Waals surface area contributed by atoms with Crippen molar-refractivity contribution in [3.05, 3.63) is 17.7 Å². The van der Waals surface area contributed by atoms with Gasteiger partial charge in [-0.3, -0.25) is 0 Å². The van der Waals surface area contributed by atoms with Crippen LogP contribution in [0.3, 0.4) is 0 Å². The highest BCUT2D eigenvalue weighted by atomic mass is 16.4. The zero-order valence-corrected chi connectivity index (χ0v) is 5.98. The number of aromatic nitrogens is 2. The van der Waals surface area contributed by atoms with Crippen LogP contribution in [-0.4, -0.2) is 27.3 Å². The minimum atomic E-state index is -1.24. The van der Waals surface area contributed by atoms with Gasteiger partial charge in [0.2, 0.25) is 5.82 Å². The molecule has 0 radical (unpaired) electrons. The van der Waals surface area contributed by atoms with Crippen LogP contribution in [0.5, 0.6) is 0 Å². The van der Waals surface area contributed by atoms with Gasteiger partial charge in [0.15, 0.2) is 0 Å². The van der Waals surface area contributed by atoms with Gasteiger partial charge in [0.1, 0.15) is 5.69 Å². The van der Waals surface area contributed by atoms with E-state index in [1.54, 1.807) is 0 Å². The van der Waals surface area contributed by atoms with Gasteiger partial charge in [-0.2, -0.15) is 0 Å². The van der Waals surface area contributed by atoms with E-state index in [-0.39, 0.29) is 17.2 Å². The molecule has 12 heavy (non-hydrogen) atoms. The molecule has 0 amide bonds. The molecule has 0 saturated carbocycles. The van der Waals surface area contributed by atoms with E-state index in [4.69, 9.17) is 16.2 Å². The summed E-state index contributed by atoms with van der Waals surface area (Å²) in [6, 6.07) is 0. The van der Waals surface area contributed by atoms with Crippen LogP contribution in [0.2, 0.25) is 0 Å². The molecule has 0 spiro atoms. The minimum absolute atomic E-state index is 0.113. The maximum absolute atomic E-state index is 10.3. The molecule has 6 heteroatoms. The number of nitrogens with two attached hydrogens (primary N) is 1. The molecule has 0 atom stereocenters. The summed E-state index contributed by atoms with van der Waals surface area (Å²) in [6.45, 7) is 0. The minimum Gasteiger partial charge on any atom is -0.475 e. The molecule has 62 valence electrons. The Morgan fingerprint density at radius 1 is 1.75 bits per heavy atom. The summed E-state index contributed by atoms with van der Waals surface area (Å²) in [5.41, 5.74) is 5.63. The molecule has 1 rings (SSSR count). The molecular formula is C6H6N4O2. The van der Waals surface area contributed by atoms with Gasteiger partial charge in [0.05, 0.1) is 11.9 Å². The number of carboxylic acids is 1. The molecular weight excluding hydrogens is 160 g/mol. The van der Waals surface area contributed by atoms with Crippen LogP contribution >= 0.6 is 0 Å². The van der Waals surface area contributed by atoms with Crippen molar-refractivity contribution in [3.8, 4) is 0 Å². The van der Waals surface area contributed by atoms with Crippen molar-refractivity contribution in [2.45, 2.75) is 0 Å². The first-order valence-corrected chi connectivity index (χ1v) is 3.01. The van der Waals surface area contributed by atoms with Gasteiger partial charge in [-0.15, -0.1) is 0 Å². The average Bonchev–Trinajstić information content (AvgIpc) is 2.05. The second-order valence-corrected chi connectivity index (χ2v) is 1.98. The third kappa shape index (κ3) is 1.36. The lowest BCUT2D eigenvalue weighted by molar-refractivity contribution is 0.0683. The van der Waals surface area contributed by atoms with Crippen LogP contribution in [0, 0.1) is 5.41 Å². The number of nitrogens with zero attached hydrogens (tertiary/aromatic N) is 2. The van der Waals surface area contributed by atoms with E-state index in [1.165, 1.54) is 0 Å². The molecule has 0 bridgehead atoms. The Labute approximate surface area is 67.6 Å². The van der Waals surface area contributed by atoms with Crippen LogP contribution in [0.1, 0.15) is 16.3 Å². The van der Waals surface area contributed by atoms with Crippen molar-refractivity contribution in [3.63, 3.8) is 0 Å². The summed E-state index contributed by atoms with van der Waals surface area (Å²) in [6.07, 6.45) is 2.04. The monoisotopic (exact) mass is 166 g/mol. The molecule has 6 nitrogen and oxygen atoms in total. The first-order chi connectivity index (χ1) is 5.65. The Balaban J connectivity index is 3.22. The van der Waals surface area contributed by atoms with E-state index >= 15 is 0 Å². The van der Waals surface area contributed by atoms with E-state index in [2.05, 4.69) is 9.97 Å². The highest BCUT2D eigenvalue weighted by Gasteiger charge is 2.08. The third-order valence-corrected chi connectivity index (χ3v) is 1.18. The summed E-state index contributed by atoms with van der Waals surface area (Å²) in [4.78, 5) is 17.3.